The molecule has 0 saturated heterocycles. The number of rotatable bonds is 5. The van der Waals surface area contributed by atoms with E-state index in [2.05, 4.69) is 0 Å². The van der Waals surface area contributed by atoms with Crippen molar-refractivity contribution in [3.8, 4) is 11.5 Å². The molecule has 0 spiro atoms. The van der Waals surface area contributed by atoms with Crippen molar-refractivity contribution in [2.24, 2.45) is 0 Å². The summed E-state index contributed by atoms with van der Waals surface area (Å²) >= 11 is 0. The number of ether oxygens (including phenoxy) is 2. The molecule has 124 valence electrons. The predicted octanol–water partition coefficient (Wildman–Crippen LogP) is 3.04. The molecular weight excluding hydrogens is 320 g/mol. The molecule has 0 aliphatic heterocycles. The zero-order valence-corrected chi connectivity index (χ0v) is 12.7. The number of methoxy groups -OCH3 is 1. The van der Waals surface area contributed by atoms with Gasteiger partial charge in [0.25, 0.3) is 11.4 Å². The molecule has 2 aromatic carbocycles. The minimum Gasteiger partial charge on any atom is -0.493 e. The summed E-state index contributed by atoms with van der Waals surface area (Å²) in [4.78, 5) is 32.7. The van der Waals surface area contributed by atoms with E-state index in [1.807, 2.05) is 0 Å². The molecule has 0 heterocycles. The van der Waals surface area contributed by atoms with E-state index in [-0.39, 0.29) is 28.4 Å². The number of non-ortho nitro benzene ring substituents is 1. The van der Waals surface area contributed by atoms with Gasteiger partial charge in [-0.05, 0) is 19.1 Å². The van der Waals surface area contributed by atoms with Gasteiger partial charge in [-0.25, -0.2) is 4.79 Å². The number of benzene rings is 2. The van der Waals surface area contributed by atoms with Crippen LogP contribution in [-0.4, -0.2) is 22.9 Å². The number of esters is 1. The Kier molecular flexibility index (Phi) is 4.73. The molecule has 0 aromatic heterocycles. The lowest BCUT2D eigenvalue weighted by Gasteiger charge is -2.09. The van der Waals surface area contributed by atoms with E-state index in [0.717, 1.165) is 12.1 Å². The molecule has 0 unspecified atom stereocenters. The normalized spacial score (nSPS) is 10.1. The largest absolute Gasteiger partial charge is 0.493 e. The Labute approximate surface area is 135 Å². The first-order valence-corrected chi connectivity index (χ1v) is 6.63. The molecule has 9 nitrogen and oxygen atoms in total. The average Bonchev–Trinajstić information content (AvgIpc) is 2.54. The van der Waals surface area contributed by atoms with Crippen molar-refractivity contribution in [1.29, 1.82) is 0 Å². The first kappa shape index (κ1) is 16.9. The fraction of sp³-hybridized carbons (Fsp3) is 0.133. The van der Waals surface area contributed by atoms with Crippen LogP contribution in [0.25, 0.3) is 0 Å². The Balaban J connectivity index is 2.36. The van der Waals surface area contributed by atoms with Crippen LogP contribution in [0.5, 0.6) is 11.5 Å². The number of nitro benzene ring substituents is 2. The number of hydrogen-bond acceptors (Lipinski definition) is 7. The topological polar surface area (TPSA) is 122 Å². The van der Waals surface area contributed by atoms with E-state index in [9.17, 15) is 25.0 Å². The van der Waals surface area contributed by atoms with Crippen molar-refractivity contribution in [2.75, 3.05) is 7.11 Å². The van der Waals surface area contributed by atoms with E-state index in [1.165, 1.54) is 38.3 Å². The van der Waals surface area contributed by atoms with Gasteiger partial charge in [-0.2, -0.15) is 0 Å². The van der Waals surface area contributed by atoms with Gasteiger partial charge in [0.15, 0.2) is 11.5 Å². The van der Waals surface area contributed by atoms with Crippen LogP contribution in [0, 0.1) is 27.2 Å². The van der Waals surface area contributed by atoms with Crippen molar-refractivity contribution in [2.45, 2.75) is 6.92 Å². The molecule has 0 aliphatic rings. The fourth-order valence-corrected chi connectivity index (χ4v) is 1.95. The quantitative estimate of drug-likeness (QED) is 0.357. The highest BCUT2D eigenvalue weighted by Crippen LogP contribution is 2.32. The van der Waals surface area contributed by atoms with Gasteiger partial charge in [-0.15, -0.1) is 0 Å². The lowest BCUT2D eigenvalue weighted by Crippen LogP contribution is -2.10. The maximum atomic E-state index is 12.2. The number of carbonyl (C=O) groups is 1. The molecule has 0 fully saturated rings. The van der Waals surface area contributed by atoms with E-state index < -0.39 is 15.8 Å². The summed E-state index contributed by atoms with van der Waals surface area (Å²) in [5, 5.41) is 21.7. The smallest absolute Gasteiger partial charge is 0.343 e. The highest BCUT2D eigenvalue weighted by Gasteiger charge is 2.19. The molecule has 0 radical (unpaired) electrons. The van der Waals surface area contributed by atoms with Gasteiger partial charge >= 0.3 is 5.97 Å². The van der Waals surface area contributed by atoms with Crippen LogP contribution in [0.2, 0.25) is 0 Å². The van der Waals surface area contributed by atoms with Crippen LogP contribution >= 0.6 is 0 Å². The third-order valence-corrected chi connectivity index (χ3v) is 3.20. The summed E-state index contributed by atoms with van der Waals surface area (Å²) in [6.45, 7) is 1.54. The summed E-state index contributed by atoms with van der Waals surface area (Å²) in [5.41, 5.74) is -0.172. The van der Waals surface area contributed by atoms with Crippen molar-refractivity contribution < 1.29 is 24.1 Å². The summed E-state index contributed by atoms with van der Waals surface area (Å²) in [6, 6.07) is 7.40. The third-order valence-electron chi connectivity index (χ3n) is 3.20. The molecule has 0 saturated carbocycles. The molecule has 0 aliphatic carbocycles. The van der Waals surface area contributed by atoms with Crippen molar-refractivity contribution in [3.05, 3.63) is 67.8 Å². The van der Waals surface area contributed by atoms with Gasteiger partial charge in [0.2, 0.25) is 0 Å². The standard InChI is InChI=1S/C15H12N2O7/c1-9-3-4-10(7-12(9)17(21)22)15(18)24-14-8-11(16(19)20)5-6-13(14)23-2/h3-8H,1-2H3. The molecule has 0 atom stereocenters. The van der Waals surface area contributed by atoms with E-state index in [4.69, 9.17) is 9.47 Å². The van der Waals surface area contributed by atoms with Crippen molar-refractivity contribution in [1.82, 2.24) is 0 Å². The Morgan fingerprint density at radius 1 is 1.00 bits per heavy atom. The Morgan fingerprint density at radius 3 is 2.29 bits per heavy atom. The highest BCUT2D eigenvalue weighted by molar-refractivity contribution is 5.92. The molecule has 9 heteroatoms. The van der Waals surface area contributed by atoms with Crippen LogP contribution in [0.4, 0.5) is 11.4 Å². The first-order chi connectivity index (χ1) is 11.3. The first-order valence-electron chi connectivity index (χ1n) is 6.63. The molecule has 0 N–H and O–H groups in total. The minimum absolute atomic E-state index is 0.0548. The summed E-state index contributed by atoms with van der Waals surface area (Å²) in [5.74, 6) is -0.924. The van der Waals surface area contributed by atoms with Gasteiger partial charge < -0.3 is 9.47 Å². The number of aryl methyl sites for hydroxylation is 1. The maximum Gasteiger partial charge on any atom is 0.343 e. The van der Waals surface area contributed by atoms with Crippen molar-refractivity contribution >= 4 is 17.3 Å². The van der Waals surface area contributed by atoms with E-state index in [0.29, 0.717) is 5.56 Å². The van der Waals surface area contributed by atoms with Crippen LogP contribution in [0.1, 0.15) is 15.9 Å². The molecule has 0 amide bonds. The summed E-state index contributed by atoms with van der Waals surface area (Å²) in [6.07, 6.45) is 0. The number of carbonyl (C=O) groups excluding carboxylic acids is 1. The molecule has 0 bridgehead atoms. The van der Waals surface area contributed by atoms with Crippen LogP contribution < -0.4 is 9.47 Å². The second-order valence-corrected chi connectivity index (χ2v) is 4.74. The maximum absolute atomic E-state index is 12.2. The Morgan fingerprint density at radius 2 is 1.71 bits per heavy atom. The van der Waals surface area contributed by atoms with E-state index in [1.54, 1.807) is 0 Å². The van der Waals surface area contributed by atoms with Crippen LogP contribution in [0.3, 0.4) is 0 Å². The molecule has 24 heavy (non-hydrogen) atoms. The zero-order valence-electron chi connectivity index (χ0n) is 12.7. The number of nitro groups is 2. The van der Waals surface area contributed by atoms with Crippen molar-refractivity contribution in [3.63, 3.8) is 0 Å². The molecular formula is C15H12N2O7. The zero-order chi connectivity index (χ0) is 17.9. The minimum atomic E-state index is -0.892. The van der Waals surface area contributed by atoms with Gasteiger partial charge in [0.1, 0.15) is 0 Å². The lowest BCUT2D eigenvalue weighted by molar-refractivity contribution is -0.385. The second kappa shape index (κ2) is 6.73. The third kappa shape index (κ3) is 3.46. The predicted molar refractivity (Wildman–Crippen MR) is 82.4 cm³/mol. The van der Waals surface area contributed by atoms with Crippen LogP contribution in [-0.2, 0) is 0 Å². The molecule has 2 rings (SSSR count). The summed E-state index contributed by atoms with van der Waals surface area (Å²) < 4.78 is 10.1. The van der Waals surface area contributed by atoms with Gasteiger partial charge in [-0.3, -0.25) is 20.2 Å². The highest BCUT2D eigenvalue weighted by atomic mass is 16.6. The van der Waals surface area contributed by atoms with Gasteiger partial charge in [-0.1, -0.05) is 6.07 Å². The monoisotopic (exact) mass is 332 g/mol. The van der Waals surface area contributed by atoms with Crippen LogP contribution in [0.15, 0.2) is 36.4 Å². The SMILES string of the molecule is COc1ccc([N+](=O)[O-])cc1OC(=O)c1ccc(C)c([N+](=O)[O-])c1. The summed E-state index contributed by atoms with van der Waals surface area (Å²) in [7, 11) is 1.31. The number of nitrogens with zero attached hydrogens (tertiary/aromatic N) is 2. The molecule has 2 aromatic rings. The Hall–Kier alpha value is -3.49. The second-order valence-electron chi connectivity index (χ2n) is 4.74. The fourth-order valence-electron chi connectivity index (χ4n) is 1.95. The Bertz CT molecular complexity index is 833. The number of hydrogen-bond donors (Lipinski definition) is 0. The average molecular weight is 332 g/mol. The lowest BCUT2D eigenvalue weighted by atomic mass is 10.1. The van der Waals surface area contributed by atoms with E-state index >= 15 is 0 Å². The van der Waals surface area contributed by atoms with Gasteiger partial charge in [0, 0.05) is 17.7 Å². The van der Waals surface area contributed by atoms with Gasteiger partial charge in [0.05, 0.1) is 28.6 Å².